The molecule has 2 amide bonds. The van der Waals surface area contributed by atoms with Gasteiger partial charge in [-0.3, -0.25) is 14.5 Å². The predicted octanol–water partition coefficient (Wildman–Crippen LogP) is 7.81. The van der Waals surface area contributed by atoms with Crippen molar-refractivity contribution in [1.82, 2.24) is 14.0 Å². The van der Waals surface area contributed by atoms with Crippen LogP contribution in [0.1, 0.15) is 58.6 Å². The van der Waals surface area contributed by atoms with Gasteiger partial charge in [0.15, 0.2) is 0 Å². The second kappa shape index (κ2) is 9.89. The Labute approximate surface area is 260 Å². The molecule has 2 aromatic heterocycles. The molecule has 4 heterocycles. The van der Waals surface area contributed by atoms with Gasteiger partial charge in [-0.2, -0.15) is 0 Å². The third-order valence-electron chi connectivity index (χ3n) is 9.51. The van der Waals surface area contributed by atoms with Crippen LogP contribution in [-0.4, -0.2) is 47.2 Å². The maximum atomic E-state index is 14.5. The molecule has 1 aliphatic carbocycles. The lowest BCUT2D eigenvalue weighted by Gasteiger charge is -2.15. The molecule has 0 saturated heterocycles. The Morgan fingerprint density at radius 2 is 1.09 bits per heavy atom. The molecule has 6 aromatic rings. The predicted molar refractivity (Wildman–Crippen MR) is 176 cm³/mol. The normalized spacial score (nSPS) is 17.8. The number of benzene rings is 4. The van der Waals surface area contributed by atoms with Crippen molar-refractivity contribution in [3.8, 4) is 17.2 Å². The van der Waals surface area contributed by atoms with E-state index in [-0.39, 0.29) is 30.4 Å². The quantitative estimate of drug-likeness (QED) is 0.149. The van der Waals surface area contributed by atoms with Crippen LogP contribution in [0.2, 0.25) is 0 Å². The number of ether oxygens (including phenoxy) is 3. The number of carbonyl (C=O) groups excluding carboxylic acids is 2. The number of hydrogen-bond acceptors (Lipinski definition) is 5. The van der Waals surface area contributed by atoms with Crippen LogP contribution in [0.15, 0.2) is 72.8 Å². The zero-order valence-electron chi connectivity index (χ0n) is 25.9. The first-order valence-corrected chi connectivity index (χ1v) is 15.4. The highest BCUT2D eigenvalue weighted by molar-refractivity contribution is 6.39. The number of carbonyl (C=O) groups is 2. The molecule has 0 N–H and O–H groups in total. The smallest absolute Gasteiger partial charge is 0.262 e. The van der Waals surface area contributed by atoms with Crippen LogP contribution in [0, 0.1) is 0 Å². The van der Waals surface area contributed by atoms with Crippen molar-refractivity contribution < 1.29 is 23.8 Å². The van der Waals surface area contributed by atoms with Crippen LogP contribution >= 0.6 is 0 Å². The van der Waals surface area contributed by atoms with Crippen molar-refractivity contribution in [3.05, 3.63) is 89.5 Å². The van der Waals surface area contributed by atoms with Crippen molar-refractivity contribution >= 4 is 55.4 Å². The maximum Gasteiger partial charge on any atom is 0.262 e. The van der Waals surface area contributed by atoms with Crippen molar-refractivity contribution in [2.45, 2.75) is 38.9 Å². The maximum absolute atomic E-state index is 14.5. The Morgan fingerprint density at radius 1 is 0.644 bits per heavy atom. The summed E-state index contributed by atoms with van der Waals surface area (Å²) in [4.78, 5) is 30.4. The van der Waals surface area contributed by atoms with Gasteiger partial charge in [-0.1, -0.05) is 38.1 Å². The van der Waals surface area contributed by atoms with Gasteiger partial charge in [-0.05, 0) is 60.5 Å². The first-order valence-electron chi connectivity index (χ1n) is 15.4. The summed E-state index contributed by atoms with van der Waals surface area (Å²) in [6.45, 7) is 4.16. The molecule has 2 aliphatic heterocycles. The van der Waals surface area contributed by atoms with Crippen LogP contribution in [-0.2, 0) is 6.54 Å². The summed E-state index contributed by atoms with van der Waals surface area (Å²) in [6, 6.07) is 19.8. The summed E-state index contributed by atoms with van der Waals surface area (Å²) in [5.74, 6) is 1.56. The van der Waals surface area contributed by atoms with E-state index in [4.69, 9.17) is 14.2 Å². The van der Waals surface area contributed by atoms with Gasteiger partial charge in [0.05, 0.1) is 73.2 Å². The summed E-state index contributed by atoms with van der Waals surface area (Å²) in [5.41, 5.74) is 5.77. The number of aromatic nitrogens is 2. The molecular weight excluding hydrogens is 566 g/mol. The lowest BCUT2D eigenvalue weighted by atomic mass is 9.96. The molecule has 3 aliphatic rings. The van der Waals surface area contributed by atoms with Crippen LogP contribution < -0.4 is 14.2 Å². The summed E-state index contributed by atoms with van der Waals surface area (Å²) >= 11 is 0. The molecule has 2 atom stereocenters. The van der Waals surface area contributed by atoms with Gasteiger partial charge >= 0.3 is 0 Å². The van der Waals surface area contributed by atoms with E-state index in [1.165, 1.54) is 4.90 Å². The first kappa shape index (κ1) is 27.3. The Bertz CT molecular complexity index is 2120. The highest BCUT2D eigenvalue weighted by Crippen LogP contribution is 2.53. The summed E-state index contributed by atoms with van der Waals surface area (Å²) in [6.07, 6.45) is 5.43. The molecule has 0 saturated carbocycles. The Hall–Kier alpha value is -5.24. The van der Waals surface area contributed by atoms with Crippen molar-refractivity contribution in [2.75, 3.05) is 21.3 Å². The molecular formula is C37H33N3O5. The Kier molecular flexibility index (Phi) is 6.00. The molecule has 0 spiro atoms. The van der Waals surface area contributed by atoms with Crippen molar-refractivity contribution in [3.63, 3.8) is 0 Å². The number of amides is 2. The van der Waals surface area contributed by atoms with Crippen molar-refractivity contribution in [1.29, 1.82) is 0 Å². The highest BCUT2D eigenvalue weighted by Gasteiger charge is 2.44. The number of rotatable bonds is 5. The van der Waals surface area contributed by atoms with E-state index in [2.05, 4.69) is 33.4 Å². The third kappa shape index (κ3) is 3.53. The Morgan fingerprint density at radius 3 is 1.53 bits per heavy atom. The lowest BCUT2D eigenvalue weighted by molar-refractivity contribution is 0.0643. The van der Waals surface area contributed by atoms with E-state index in [1.807, 2.05) is 62.4 Å². The van der Waals surface area contributed by atoms with E-state index >= 15 is 0 Å². The van der Waals surface area contributed by atoms with E-state index in [0.717, 1.165) is 61.3 Å². The van der Waals surface area contributed by atoms with Crippen LogP contribution in [0.3, 0.4) is 0 Å². The summed E-state index contributed by atoms with van der Waals surface area (Å²) in [7, 11) is 4.91. The average molecular weight is 600 g/mol. The molecule has 0 radical (unpaired) electrons. The highest BCUT2D eigenvalue weighted by atomic mass is 16.5. The van der Waals surface area contributed by atoms with E-state index < -0.39 is 0 Å². The van der Waals surface area contributed by atoms with Gasteiger partial charge in [0.25, 0.3) is 11.8 Å². The van der Waals surface area contributed by atoms with Gasteiger partial charge < -0.3 is 23.3 Å². The van der Waals surface area contributed by atoms with Gasteiger partial charge in [-0.15, -0.1) is 0 Å². The monoisotopic (exact) mass is 599 g/mol. The van der Waals surface area contributed by atoms with Gasteiger partial charge in [0, 0.05) is 21.5 Å². The number of methoxy groups -OCH3 is 3. The largest absolute Gasteiger partial charge is 0.497 e. The molecule has 2 unspecified atom stereocenters. The number of nitrogens with zero attached hydrogens (tertiary/aromatic N) is 3. The number of imide groups is 1. The minimum absolute atomic E-state index is 0.121. The van der Waals surface area contributed by atoms with Gasteiger partial charge in [0.2, 0.25) is 0 Å². The van der Waals surface area contributed by atoms with Crippen molar-refractivity contribution in [2.24, 2.45) is 0 Å². The second-order valence-corrected chi connectivity index (χ2v) is 11.5. The minimum Gasteiger partial charge on any atom is -0.497 e. The second-order valence-electron chi connectivity index (χ2n) is 11.5. The van der Waals surface area contributed by atoms with Crippen LogP contribution in [0.4, 0.5) is 0 Å². The fraction of sp³-hybridized carbons (Fsp3) is 0.243. The first-order chi connectivity index (χ1) is 22.0. The van der Waals surface area contributed by atoms with Crippen LogP contribution in [0.25, 0.3) is 43.6 Å². The van der Waals surface area contributed by atoms with Gasteiger partial charge in [0.1, 0.15) is 17.2 Å². The zero-order valence-corrected chi connectivity index (χ0v) is 25.9. The van der Waals surface area contributed by atoms with Gasteiger partial charge in [-0.25, -0.2) is 0 Å². The van der Waals surface area contributed by atoms with E-state index in [9.17, 15) is 9.59 Å². The zero-order chi connectivity index (χ0) is 31.1. The molecule has 45 heavy (non-hydrogen) atoms. The SMILES string of the molecule is CC.COc1ccc(CN2C(=O)c3c(c4c5cc(OC)ccc5n5c4c4c3c3cc(OC)ccc3n4C3C=CC5C3)C2=O)cc1. The lowest BCUT2D eigenvalue weighted by Crippen LogP contribution is -2.29. The molecule has 8 nitrogen and oxygen atoms in total. The van der Waals surface area contributed by atoms with Crippen LogP contribution in [0.5, 0.6) is 17.2 Å². The molecule has 8 heteroatoms. The molecule has 4 aromatic carbocycles. The minimum atomic E-state index is -0.284. The van der Waals surface area contributed by atoms with E-state index in [1.54, 1.807) is 21.3 Å². The number of fused-ring (bicyclic) bond motifs is 13. The standard InChI is InChI=1S/C35H27N3O5.C2H6/c1-41-21-8-4-18(5-9-21)17-36-34(39)30-28-24-15-22(42-2)10-12-26(24)37-19-6-7-20(14-19)38-27-13-11-23(43-3)16-25(27)29(31(30)35(36)40)33(38)32(28)37;1-2/h4-13,15-16,19-20H,14,17H2,1-3H3;1-2H3. The fourth-order valence-electron chi connectivity index (χ4n) is 7.64. The number of hydrogen-bond donors (Lipinski definition) is 0. The summed E-state index contributed by atoms with van der Waals surface area (Å²) < 4.78 is 21.3. The Balaban J connectivity index is 0.00000147. The molecule has 2 bridgehead atoms. The van der Waals surface area contributed by atoms with E-state index in [0.29, 0.717) is 22.6 Å². The third-order valence-corrected chi connectivity index (χ3v) is 9.51. The fourth-order valence-corrected chi connectivity index (χ4v) is 7.64. The molecule has 9 rings (SSSR count). The summed E-state index contributed by atoms with van der Waals surface area (Å²) in [5, 5.41) is 3.44. The molecule has 0 fully saturated rings. The average Bonchev–Trinajstić information content (AvgIpc) is 3.80. The topological polar surface area (TPSA) is 74.9 Å². The molecule has 226 valence electrons. The number of allylic oxidation sites excluding steroid dienone is 2.